The van der Waals surface area contributed by atoms with Gasteiger partial charge in [-0.2, -0.15) is 0 Å². The van der Waals surface area contributed by atoms with Gasteiger partial charge in [0.05, 0.1) is 20.1 Å². The molecule has 0 fully saturated rings. The van der Waals surface area contributed by atoms with Crippen molar-refractivity contribution < 1.29 is 19.4 Å². The third kappa shape index (κ3) is 4.42. The van der Waals surface area contributed by atoms with Gasteiger partial charge < -0.3 is 20.3 Å². The van der Waals surface area contributed by atoms with Crippen LogP contribution < -0.4 is 15.2 Å². The highest BCUT2D eigenvalue weighted by molar-refractivity contribution is 5.69. The number of aliphatic carboxylic acids is 1. The minimum Gasteiger partial charge on any atom is -0.497 e. The zero-order valence-electron chi connectivity index (χ0n) is 15.9. The van der Waals surface area contributed by atoms with E-state index >= 15 is 0 Å². The van der Waals surface area contributed by atoms with Crippen LogP contribution in [-0.2, 0) is 17.6 Å². The van der Waals surface area contributed by atoms with E-state index in [1.165, 1.54) is 16.7 Å². The molecule has 4 rings (SSSR count). The first-order valence-corrected chi connectivity index (χ1v) is 9.38. The maximum absolute atomic E-state index is 10.8. The molecule has 2 aromatic rings. The quantitative estimate of drug-likeness (QED) is 0.856. The molecule has 5 heteroatoms. The first-order chi connectivity index (χ1) is 13.0. The Balaban J connectivity index is 0.000000168. The van der Waals surface area contributed by atoms with Gasteiger partial charge in [0.1, 0.15) is 11.5 Å². The number of benzene rings is 2. The number of ether oxygens (including phenoxy) is 2. The van der Waals surface area contributed by atoms with Crippen LogP contribution in [0.5, 0.6) is 11.5 Å². The number of rotatable bonds is 4. The topological polar surface area (TPSA) is 81.8 Å². The van der Waals surface area contributed by atoms with Gasteiger partial charge in [0, 0.05) is 18.0 Å². The van der Waals surface area contributed by atoms with E-state index in [1.807, 2.05) is 37.3 Å². The summed E-state index contributed by atoms with van der Waals surface area (Å²) in [5.74, 6) is 1.34. The van der Waals surface area contributed by atoms with Crippen LogP contribution in [0, 0.1) is 0 Å². The largest absolute Gasteiger partial charge is 0.497 e. The Labute approximate surface area is 160 Å². The van der Waals surface area contributed by atoms with Gasteiger partial charge in [-0.3, -0.25) is 4.79 Å². The first-order valence-electron chi connectivity index (χ1n) is 9.38. The van der Waals surface area contributed by atoms with Crippen LogP contribution in [0.4, 0.5) is 0 Å². The predicted molar refractivity (Wildman–Crippen MR) is 105 cm³/mol. The lowest BCUT2D eigenvalue weighted by atomic mass is 9.92. The van der Waals surface area contributed by atoms with Crippen LogP contribution in [0.25, 0.3) is 0 Å². The fourth-order valence-corrected chi connectivity index (χ4v) is 3.87. The molecule has 2 aliphatic rings. The smallest absolute Gasteiger partial charge is 0.303 e. The Morgan fingerprint density at radius 1 is 1.26 bits per heavy atom. The molecular weight excluding hydrogens is 342 g/mol. The number of methoxy groups -OCH3 is 1. The molecule has 27 heavy (non-hydrogen) atoms. The van der Waals surface area contributed by atoms with Gasteiger partial charge >= 0.3 is 5.97 Å². The molecule has 0 amide bonds. The summed E-state index contributed by atoms with van der Waals surface area (Å²) in [4.78, 5) is 10.8. The van der Waals surface area contributed by atoms with E-state index in [4.69, 9.17) is 20.3 Å². The molecule has 0 unspecified atom stereocenters. The van der Waals surface area contributed by atoms with Gasteiger partial charge in [-0.15, -0.1) is 0 Å². The average Bonchev–Trinajstić information content (AvgIpc) is 3.28. The van der Waals surface area contributed by atoms with Crippen LogP contribution >= 0.6 is 0 Å². The minimum atomic E-state index is -0.700. The fraction of sp³-hybridized carbons (Fsp3) is 0.409. The predicted octanol–water partition coefficient (Wildman–Crippen LogP) is 3.84. The van der Waals surface area contributed by atoms with Crippen LogP contribution in [0.1, 0.15) is 54.0 Å². The van der Waals surface area contributed by atoms with Crippen molar-refractivity contribution in [3.8, 4) is 11.5 Å². The van der Waals surface area contributed by atoms with Crippen molar-refractivity contribution >= 4 is 5.97 Å². The second kappa shape index (κ2) is 8.44. The summed E-state index contributed by atoms with van der Waals surface area (Å²) in [5, 5.41) is 8.92. The van der Waals surface area contributed by atoms with E-state index in [2.05, 4.69) is 6.07 Å². The minimum absolute atomic E-state index is 0.0981. The van der Waals surface area contributed by atoms with E-state index in [0.29, 0.717) is 0 Å². The van der Waals surface area contributed by atoms with Crippen LogP contribution in [-0.4, -0.2) is 24.8 Å². The maximum atomic E-state index is 10.8. The molecule has 5 nitrogen and oxygen atoms in total. The van der Waals surface area contributed by atoms with Crippen molar-refractivity contribution in [3.05, 3.63) is 58.7 Å². The maximum Gasteiger partial charge on any atom is 0.303 e. The Hall–Kier alpha value is -2.53. The summed E-state index contributed by atoms with van der Waals surface area (Å²) >= 11 is 0. The summed E-state index contributed by atoms with van der Waals surface area (Å²) < 4.78 is 10.5. The van der Waals surface area contributed by atoms with E-state index in [9.17, 15) is 4.79 Å². The van der Waals surface area contributed by atoms with Crippen molar-refractivity contribution in [3.63, 3.8) is 0 Å². The molecule has 2 atom stereocenters. The van der Waals surface area contributed by atoms with Gasteiger partial charge in [-0.1, -0.05) is 18.2 Å². The molecule has 0 saturated carbocycles. The van der Waals surface area contributed by atoms with Crippen LogP contribution in [0.3, 0.4) is 0 Å². The SMILES string of the molecule is COc1ccc([C@@H](C)N)cc1.O=C(O)C[C@H]1CCc2ccc3c(c21)CCO3. The van der Waals surface area contributed by atoms with Gasteiger partial charge in [0.15, 0.2) is 0 Å². The molecule has 0 spiro atoms. The number of carbonyl (C=O) groups is 1. The van der Waals surface area contributed by atoms with Crippen molar-refractivity contribution in [2.45, 2.75) is 44.6 Å². The van der Waals surface area contributed by atoms with E-state index in [-0.39, 0.29) is 18.4 Å². The Bertz CT molecular complexity index is 799. The molecule has 3 N–H and O–H groups in total. The monoisotopic (exact) mass is 369 g/mol. The molecule has 1 heterocycles. The third-order valence-electron chi connectivity index (χ3n) is 5.25. The molecule has 1 aliphatic carbocycles. The molecule has 0 radical (unpaired) electrons. The lowest BCUT2D eigenvalue weighted by Gasteiger charge is -2.12. The zero-order valence-corrected chi connectivity index (χ0v) is 15.9. The van der Waals surface area contributed by atoms with Crippen molar-refractivity contribution in [1.82, 2.24) is 0 Å². The van der Waals surface area contributed by atoms with Crippen molar-refractivity contribution in [1.29, 1.82) is 0 Å². The average molecular weight is 369 g/mol. The lowest BCUT2D eigenvalue weighted by molar-refractivity contribution is -0.137. The highest BCUT2D eigenvalue weighted by Gasteiger charge is 2.30. The highest BCUT2D eigenvalue weighted by atomic mass is 16.5. The number of aryl methyl sites for hydroxylation is 1. The second-order valence-electron chi connectivity index (χ2n) is 7.11. The Kier molecular flexibility index (Phi) is 6.01. The summed E-state index contributed by atoms with van der Waals surface area (Å²) in [6.07, 6.45) is 3.18. The Morgan fingerprint density at radius 2 is 2.00 bits per heavy atom. The van der Waals surface area contributed by atoms with Gasteiger partial charge in [-0.05, 0) is 60.6 Å². The number of fused-ring (bicyclic) bond motifs is 3. The standard InChI is InChI=1S/C13H14O3.C9H13NO/c14-12(15)7-9-2-1-8-3-4-11-10(13(8)9)5-6-16-11;1-7(10)8-3-5-9(11-2)6-4-8/h3-4,9H,1-2,5-7H2,(H,14,15);3-7H,10H2,1-2H3/t9-;7-/m11/s1. The van der Waals surface area contributed by atoms with Gasteiger partial charge in [-0.25, -0.2) is 0 Å². The second-order valence-corrected chi connectivity index (χ2v) is 7.11. The fourth-order valence-electron chi connectivity index (χ4n) is 3.87. The zero-order chi connectivity index (χ0) is 19.4. The van der Waals surface area contributed by atoms with Gasteiger partial charge in [0.25, 0.3) is 0 Å². The van der Waals surface area contributed by atoms with E-state index in [0.717, 1.165) is 42.9 Å². The molecule has 0 bridgehead atoms. The highest BCUT2D eigenvalue weighted by Crippen LogP contribution is 2.43. The van der Waals surface area contributed by atoms with Crippen LogP contribution in [0.2, 0.25) is 0 Å². The summed E-state index contributed by atoms with van der Waals surface area (Å²) in [6.45, 7) is 2.70. The summed E-state index contributed by atoms with van der Waals surface area (Å²) in [7, 11) is 1.65. The molecule has 0 aromatic heterocycles. The Morgan fingerprint density at radius 3 is 2.63 bits per heavy atom. The van der Waals surface area contributed by atoms with Crippen molar-refractivity contribution in [2.24, 2.45) is 5.73 Å². The number of nitrogens with two attached hydrogens (primary N) is 1. The van der Waals surface area contributed by atoms with Crippen LogP contribution in [0.15, 0.2) is 36.4 Å². The molecule has 1 aliphatic heterocycles. The molecule has 0 saturated heterocycles. The molecular formula is C22H27NO4. The van der Waals surface area contributed by atoms with E-state index < -0.39 is 5.97 Å². The summed E-state index contributed by atoms with van der Waals surface area (Å²) in [6, 6.07) is 12.0. The first kappa shape index (κ1) is 19.2. The van der Waals surface area contributed by atoms with E-state index in [1.54, 1.807) is 7.11 Å². The number of hydrogen-bond acceptors (Lipinski definition) is 4. The summed E-state index contributed by atoms with van der Waals surface area (Å²) in [5.41, 5.74) is 10.7. The molecule has 144 valence electrons. The van der Waals surface area contributed by atoms with Crippen molar-refractivity contribution in [2.75, 3.05) is 13.7 Å². The number of hydrogen-bond donors (Lipinski definition) is 2. The lowest BCUT2D eigenvalue weighted by Crippen LogP contribution is -2.05. The molecule has 2 aromatic carbocycles. The number of carboxylic acids is 1. The third-order valence-corrected chi connectivity index (χ3v) is 5.25. The van der Waals surface area contributed by atoms with Gasteiger partial charge in [0.2, 0.25) is 0 Å². The normalized spacial score (nSPS) is 17.8. The number of carboxylic acid groups (broad SMARTS) is 1.